The van der Waals surface area contributed by atoms with Gasteiger partial charge in [-0.2, -0.15) is 4.99 Å². The minimum Gasteiger partial charge on any atom is -0.493 e. The number of hydrogen-bond acceptors (Lipinski definition) is 4. The second-order valence-corrected chi connectivity index (χ2v) is 9.30. The zero-order valence-corrected chi connectivity index (χ0v) is 26.0. The van der Waals surface area contributed by atoms with Gasteiger partial charge in [-0.05, 0) is 77.7 Å². The summed E-state index contributed by atoms with van der Waals surface area (Å²) in [6.07, 6.45) is 14.1. The SMILES string of the molecule is CCCC(C)=O.CCCCCOc1ccccc1C.C\C=C/C(=C\C(=C\CC)OC(C)C)C(N)=NC(=O)CC. The lowest BCUT2D eigenvalue weighted by molar-refractivity contribution is -0.118. The van der Waals surface area contributed by atoms with Crippen molar-refractivity contribution >= 4 is 17.5 Å². The lowest BCUT2D eigenvalue weighted by Crippen LogP contribution is -2.16. The zero-order chi connectivity index (χ0) is 30.1. The van der Waals surface area contributed by atoms with Gasteiger partial charge in [0.25, 0.3) is 0 Å². The predicted molar refractivity (Wildman–Crippen MR) is 166 cm³/mol. The minimum absolute atomic E-state index is 0.0753. The molecule has 0 aliphatic rings. The van der Waals surface area contributed by atoms with Crippen LogP contribution in [0.2, 0.25) is 0 Å². The predicted octanol–water partition coefficient (Wildman–Crippen LogP) is 8.44. The first kappa shape index (κ1) is 38.0. The molecule has 0 spiro atoms. The number of amidine groups is 1. The monoisotopic (exact) mass is 542 g/mol. The van der Waals surface area contributed by atoms with Crippen LogP contribution in [-0.2, 0) is 14.3 Å². The third kappa shape index (κ3) is 22.5. The smallest absolute Gasteiger partial charge is 0.247 e. The molecule has 0 unspecified atom stereocenters. The highest BCUT2D eigenvalue weighted by Gasteiger charge is 2.05. The number of para-hydroxylation sites is 1. The third-order valence-electron chi connectivity index (χ3n) is 4.97. The molecule has 1 amide bonds. The fraction of sp³-hybridized carbons (Fsp3) is 0.545. The fourth-order valence-electron chi connectivity index (χ4n) is 3.04. The van der Waals surface area contributed by atoms with E-state index in [1.54, 1.807) is 13.8 Å². The molecule has 1 aromatic carbocycles. The summed E-state index contributed by atoms with van der Waals surface area (Å²) < 4.78 is 11.3. The number of rotatable bonds is 14. The van der Waals surface area contributed by atoms with E-state index in [0.717, 1.165) is 43.8 Å². The van der Waals surface area contributed by atoms with Gasteiger partial charge in [0.15, 0.2) is 0 Å². The molecule has 0 saturated heterocycles. The summed E-state index contributed by atoms with van der Waals surface area (Å²) in [5.41, 5.74) is 7.78. The van der Waals surface area contributed by atoms with Crippen LogP contribution >= 0.6 is 0 Å². The van der Waals surface area contributed by atoms with Crippen LogP contribution in [0.4, 0.5) is 0 Å². The molecule has 1 aromatic rings. The number of nitrogens with two attached hydrogens (primary N) is 1. The number of hydrogen-bond donors (Lipinski definition) is 1. The summed E-state index contributed by atoms with van der Waals surface area (Å²) >= 11 is 0. The Morgan fingerprint density at radius 1 is 1.05 bits per heavy atom. The van der Waals surface area contributed by atoms with E-state index >= 15 is 0 Å². The van der Waals surface area contributed by atoms with Gasteiger partial charge in [-0.1, -0.05) is 70.9 Å². The van der Waals surface area contributed by atoms with E-state index in [1.165, 1.54) is 18.4 Å². The Balaban J connectivity index is 0. The molecular weight excluding hydrogens is 488 g/mol. The van der Waals surface area contributed by atoms with Crippen LogP contribution in [0.25, 0.3) is 0 Å². The molecule has 0 aliphatic heterocycles. The summed E-state index contributed by atoms with van der Waals surface area (Å²) in [6.45, 7) is 18.3. The number of amides is 1. The number of unbranched alkanes of at least 4 members (excludes halogenated alkanes) is 2. The quantitative estimate of drug-likeness (QED) is 0.0837. The molecule has 0 bridgehead atoms. The van der Waals surface area contributed by atoms with E-state index < -0.39 is 0 Å². The van der Waals surface area contributed by atoms with Crippen molar-refractivity contribution in [3.63, 3.8) is 0 Å². The number of Topliss-reactive ketones (excluding diaryl/α,β-unsaturated/α-hetero) is 1. The number of allylic oxidation sites excluding steroid dienone is 3. The Bertz CT molecular complexity index is 927. The molecule has 0 atom stereocenters. The second kappa shape index (κ2) is 25.1. The van der Waals surface area contributed by atoms with E-state index in [9.17, 15) is 9.59 Å². The molecular formula is C33H54N2O4. The van der Waals surface area contributed by atoms with E-state index in [0.29, 0.717) is 12.0 Å². The molecule has 2 N–H and O–H groups in total. The highest BCUT2D eigenvalue weighted by molar-refractivity contribution is 6.05. The average Bonchev–Trinajstić information content (AvgIpc) is 2.87. The number of aryl methyl sites for hydroxylation is 1. The fourth-order valence-corrected chi connectivity index (χ4v) is 3.04. The first-order valence-corrected chi connectivity index (χ1v) is 14.3. The number of nitrogens with zero attached hydrogens (tertiary/aromatic N) is 1. The molecule has 0 saturated carbocycles. The lowest BCUT2D eigenvalue weighted by Gasteiger charge is -2.12. The van der Waals surface area contributed by atoms with Gasteiger partial charge in [0.05, 0.1) is 12.7 Å². The van der Waals surface area contributed by atoms with Crippen molar-refractivity contribution in [1.82, 2.24) is 0 Å². The molecule has 0 aromatic heterocycles. The van der Waals surface area contributed by atoms with Crippen LogP contribution in [0, 0.1) is 6.92 Å². The standard InChI is InChI=1S/C16H26N2O2.C12H18O.C5H10O/c1-6-9-13(16(17)18-15(19)8-3)11-14(10-7-2)20-12(4)5;1-3-4-7-10-13-12-9-6-5-8-11(12)2;1-3-4-5(2)6/h6,9-12H,7-8H2,1-5H3,(H2,17,18,19);5-6,8-9H,3-4,7,10H2,1-2H3;3-4H2,1-2H3/b9-6-,13-11+,14-10-;;. The van der Waals surface area contributed by atoms with Gasteiger partial charge in [0, 0.05) is 18.4 Å². The summed E-state index contributed by atoms with van der Waals surface area (Å²) in [4.78, 5) is 25.3. The summed E-state index contributed by atoms with van der Waals surface area (Å²) in [7, 11) is 0. The van der Waals surface area contributed by atoms with Crippen LogP contribution in [0.5, 0.6) is 5.75 Å². The molecule has 39 heavy (non-hydrogen) atoms. The van der Waals surface area contributed by atoms with Crippen LogP contribution in [0.1, 0.15) is 106 Å². The van der Waals surface area contributed by atoms with Crippen molar-refractivity contribution in [2.45, 2.75) is 113 Å². The zero-order valence-electron chi connectivity index (χ0n) is 26.0. The number of benzene rings is 1. The molecule has 0 heterocycles. The maximum Gasteiger partial charge on any atom is 0.247 e. The van der Waals surface area contributed by atoms with Crippen molar-refractivity contribution in [2.75, 3.05) is 6.61 Å². The van der Waals surface area contributed by atoms with Crippen molar-refractivity contribution in [3.8, 4) is 5.75 Å². The van der Waals surface area contributed by atoms with Crippen molar-refractivity contribution in [1.29, 1.82) is 0 Å². The number of carbonyl (C=O) groups is 2. The van der Waals surface area contributed by atoms with Crippen molar-refractivity contribution < 1.29 is 19.1 Å². The Hall–Kier alpha value is -3.15. The van der Waals surface area contributed by atoms with Gasteiger partial charge in [-0.3, -0.25) is 4.79 Å². The van der Waals surface area contributed by atoms with Gasteiger partial charge in [-0.15, -0.1) is 0 Å². The molecule has 0 aliphatic carbocycles. The maximum atomic E-state index is 11.4. The third-order valence-corrected chi connectivity index (χ3v) is 4.97. The molecule has 0 fully saturated rings. The maximum absolute atomic E-state index is 11.4. The van der Waals surface area contributed by atoms with E-state index in [4.69, 9.17) is 15.2 Å². The van der Waals surface area contributed by atoms with Gasteiger partial charge in [0.2, 0.25) is 5.91 Å². The molecule has 220 valence electrons. The highest BCUT2D eigenvalue weighted by Crippen LogP contribution is 2.16. The van der Waals surface area contributed by atoms with Gasteiger partial charge < -0.3 is 20.0 Å². The van der Waals surface area contributed by atoms with Gasteiger partial charge >= 0.3 is 0 Å². The number of carbonyl (C=O) groups excluding carboxylic acids is 2. The Morgan fingerprint density at radius 2 is 1.72 bits per heavy atom. The largest absolute Gasteiger partial charge is 0.493 e. The number of ketones is 1. The molecule has 6 heteroatoms. The minimum atomic E-state index is -0.233. The van der Waals surface area contributed by atoms with Crippen molar-refractivity contribution in [3.05, 3.63) is 65.5 Å². The Kier molecular flexibility index (Phi) is 24.5. The van der Waals surface area contributed by atoms with E-state index in [1.807, 2.05) is 77.1 Å². The Morgan fingerprint density at radius 3 is 2.18 bits per heavy atom. The van der Waals surface area contributed by atoms with Crippen LogP contribution in [-0.4, -0.2) is 30.2 Å². The summed E-state index contributed by atoms with van der Waals surface area (Å²) in [5.74, 6) is 2.03. The first-order chi connectivity index (χ1) is 18.6. The van der Waals surface area contributed by atoms with E-state index in [-0.39, 0.29) is 23.6 Å². The van der Waals surface area contributed by atoms with E-state index in [2.05, 4.69) is 24.9 Å². The highest BCUT2D eigenvalue weighted by atomic mass is 16.5. The van der Waals surface area contributed by atoms with Crippen molar-refractivity contribution in [2.24, 2.45) is 10.7 Å². The molecule has 0 radical (unpaired) electrons. The molecule has 1 rings (SSSR count). The summed E-state index contributed by atoms with van der Waals surface area (Å²) in [5, 5.41) is 0. The summed E-state index contributed by atoms with van der Waals surface area (Å²) in [6, 6.07) is 8.16. The normalized spacial score (nSPS) is 11.9. The lowest BCUT2D eigenvalue weighted by atomic mass is 10.2. The number of ether oxygens (including phenoxy) is 2. The van der Waals surface area contributed by atoms with Crippen LogP contribution in [0.3, 0.4) is 0 Å². The van der Waals surface area contributed by atoms with Gasteiger partial charge in [0.1, 0.15) is 23.1 Å². The van der Waals surface area contributed by atoms with Gasteiger partial charge in [-0.25, -0.2) is 0 Å². The second-order valence-electron chi connectivity index (χ2n) is 9.30. The van der Waals surface area contributed by atoms with Crippen LogP contribution in [0.15, 0.2) is 64.9 Å². The van der Waals surface area contributed by atoms with Crippen LogP contribution < -0.4 is 10.5 Å². The number of aliphatic imine (C=N–C) groups is 1. The topological polar surface area (TPSA) is 91.0 Å². The average molecular weight is 543 g/mol. The molecule has 6 nitrogen and oxygen atoms in total. The first-order valence-electron chi connectivity index (χ1n) is 14.3. The Labute approximate surface area is 238 Å².